The molecule has 0 saturated heterocycles. The van der Waals surface area contributed by atoms with Gasteiger partial charge in [0.1, 0.15) is 4.90 Å². The monoisotopic (exact) mass is 406 g/mol. The second-order valence-corrected chi connectivity index (χ2v) is 8.12. The van der Waals surface area contributed by atoms with E-state index in [1.54, 1.807) is 42.1 Å². The Hall–Kier alpha value is -3.59. The Morgan fingerprint density at radius 2 is 1.62 bits per heavy atom. The molecule has 4 aromatic rings. The fourth-order valence-corrected chi connectivity index (χ4v) is 3.88. The van der Waals surface area contributed by atoms with Crippen LogP contribution in [0.1, 0.15) is 5.69 Å². The van der Waals surface area contributed by atoms with Gasteiger partial charge in [-0.1, -0.05) is 18.2 Å². The maximum absolute atomic E-state index is 12.7. The number of azo groups is 1. The van der Waals surface area contributed by atoms with Gasteiger partial charge in [-0.2, -0.15) is 15.3 Å². The summed E-state index contributed by atoms with van der Waals surface area (Å²) in [4.78, 5) is 4.31. The van der Waals surface area contributed by atoms with Gasteiger partial charge in [-0.3, -0.25) is 9.40 Å². The molecule has 0 aliphatic heterocycles. The van der Waals surface area contributed by atoms with E-state index in [2.05, 4.69) is 25.0 Å². The maximum Gasteiger partial charge on any atom is 0.263 e. The van der Waals surface area contributed by atoms with E-state index in [1.807, 2.05) is 37.3 Å². The molecule has 0 radical (unpaired) electrons. The van der Waals surface area contributed by atoms with E-state index in [1.165, 1.54) is 6.20 Å². The van der Waals surface area contributed by atoms with Crippen LogP contribution in [0.25, 0.3) is 11.0 Å². The Balaban J connectivity index is 1.54. The average Bonchev–Trinajstić information content (AvgIpc) is 3.01. The number of nitrogens with one attached hydrogen (secondary N) is 1. The highest BCUT2D eigenvalue weighted by Crippen LogP contribution is 2.24. The Bertz CT molecular complexity index is 1300. The molecular weight excluding hydrogens is 388 g/mol. The van der Waals surface area contributed by atoms with Crippen molar-refractivity contribution in [1.29, 1.82) is 0 Å². The van der Waals surface area contributed by atoms with Crippen molar-refractivity contribution in [2.45, 2.75) is 11.8 Å². The second kappa shape index (κ2) is 7.44. The van der Waals surface area contributed by atoms with Crippen molar-refractivity contribution in [3.05, 3.63) is 72.6 Å². The highest BCUT2D eigenvalue weighted by molar-refractivity contribution is 7.92. The van der Waals surface area contributed by atoms with Crippen molar-refractivity contribution in [2.75, 3.05) is 4.72 Å². The van der Waals surface area contributed by atoms with Crippen LogP contribution in [0.15, 0.2) is 82.0 Å². The minimum Gasteiger partial charge on any atom is -0.280 e. The summed E-state index contributed by atoms with van der Waals surface area (Å²) in [7, 11) is -2.01. The van der Waals surface area contributed by atoms with Gasteiger partial charge in [0.2, 0.25) is 0 Å². The molecule has 0 amide bonds. The van der Waals surface area contributed by atoms with Gasteiger partial charge < -0.3 is 0 Å². The Morgan fingerprint density at radius 1 is 0.966 bits per heavy atom. The molecule has 4 rings (SSSR count). The first-order valence-corrected chi connectivity index (χ1v) is 10.3. The summed E-state index contributed by atoms with van der Waals surface area (Å²) in [5.74, 6) is 0. The third kappa shape index (κ3) is 3.99. The van der Waals surface area contributed by atoms with Crippen molar-refractivity contribution in [3.8, 4) is 0 Å². The smallest absolute Gasteiger partial charge is 0.263 e. The Labute approximate surface area is 168 Å². The van der Waals surface area contributed by atoms with Crippen molar-refractivity contribution in [3.63, 3.8) is 0 Å². The molecule has 29 heavy (non-hydrogen) atoms. The van der Waals surface area contributed by atoms with Crippen molar-refractivity contribution in [1.82, 2.24) is 14.8 Å². The van der Waals surface area contributed by atoms with Gasteiger partial charge >= 0.3 is 0 Å². The van der Waals surface area contributed by atoms with Crippen LogP contribution < -0.4 is 4.72 Å². The molecule has 2 aromatic carbocycles. The van der Waals surface area contributed by atoms with E-state index >= 15 is 0 Å². The number of rotatable bonds is 5. The van der Waals surface area contributed by atoms with E-state index in [9.17, 15) is 8.42 Å². The molecular formula is C20H18N6O2S. The second-order valence-electron chi connectivity index (χ2n) is 6.44. The van der Waals surface area contributed by atoms with Gasteiger partial charge in [0, 0.05) is 24.3 Å². The van der Waals surface area contributed by atoms with Crippen molar-refractivity contribution >= 4 is 38.1 Å². The largest absolute Gasteiger partial charge is 0.280 e. The summed E-state index contributed by atoms with van der Waals surface area (Å²) in [5, 5.41) is 13.3. The molecule has 0 fully saturated rings. The quantitative estimate of drug-likeness (QED) is 0.493. The molecule has 0 aliphatic carbocycles. The summed E-state index contributed by atoms with van der Waals surface area (Å²) in [6.07, 6.45) is 1.33. The van der Waals surface area contributed by atoms with Crippen LogP contribution in [0.3, 0.4) is 0 Å². The average molecular weight is 406 g/mol. The highest BCUT2D eigenvalue weighted by Gasteiger charge is 2.17. The minimum absolute atomic E-state index is 0.0777. The van der Waals surface area contributed by atoms with E-state index in [0.29, 0.717) is 22.4 Å². The van der Waals surface area contributed by atoms with E-state index in [4.69, 9.17) is 0 Å². The van der Waals surface area contributed by atoms with Crippen molar-refractivity contribution < 1.29 is 8.42 Å². The molecule has 2 heterocycles. The number of anilines is 1. The lowest BCUT2D eigenvalue weighted by atomic mass is 10.3. The molecule has 2 aromatic heterocycles. The minimum atomic E-state index is -3.78. The number of fused-ring (bicyclic) bond motifs is 1. The summed E-state index contributed by atoms with van der Waals surface area (Å²) in [5.41, 5.74) is 3.14. The maximum atomic E-state index is 12.7. The molecule has 0 aliphatic rings. The topological polar surface area (TPSA) is 102 Å². The van der Waals surface area contributed by atoms with E-state index in [-0.39, 0.29) is 4.90 Å². The molecule has 9 heteroatoms. The standard InChI is InChI=1S/C20H18N6O2S/c1-14-19-12-18(13-21-20(19)26(2)24-14)29(27,28)25-17-10-8-16(9-11-17)23-22-15-6-4-3-5-7-15/h3-13,25H,1-2H3. The number of pyridine rings is 1. The predicted molar refractivity (Wildman–Crippen MR) is 111 cm³/mol. The van der Waals surface area contributed by atoms with Crippen LogP contribution in [0, 0.1) is 6.92 Å². The normalized spacial score (nSPS) is 11.9. The summed E-state index contributed by atoms with van der Waals surface area (Å²) in [6, 6.07) is 17.6. The molecule has 146 valence electrons. The van der Waals surface area contributed by atoms with Gasteiger partial charge in [-0.15, -0.1) is 0 Å². The zero-order valence-corrected chi connectivity index (χ0v) is 16.6. The molecule has 0 spiro atoms. The number of sulfonamides is 1. The molecule has 0 atom stereocenters. The predicted octanol–water partition coefficient (Wildman–Crippen LogP) is 4.49. The zero-order chi connectivity index (χ0) is 20.4. The first-order valence-electron chi connectivity index (χ1n) is 8.81. The highest BCUT2D eigenvalue weighted by atomic mass is 32.2. The van der Waals surface area contributed by atoms with Crippen LogP contribution in [-0.2, 0) is 17.1 Å². The number of hydrogen-bond acceptors (Lipinski definition) is 6. The molecule has 0 unspecified atom stereocenters. The molecule has 0 saturated carbocycles. The fourth-order valence-electron chi connectivity index (χ4n) is 2.86. The number of aryl methyl sites for hydroxylation is 2. The first kappa shape index (κ1) is 18.8. The molecule has 1 N–H and O–H groups in total. The van der Waals surface area contributed by atoms with Gasteiger partial charge in [0.15, 0.2) is 5.65 Å². The lowest BCUT2D eigenvalue weighted by molar-refractivity contribution is 0.601. The molecule has 0 bridgehead atoms. The third-order valence-electron chi connectivity index (χ3n) is 4.30. The SMILES string of the molecule is Cc1nn(C)c2ncc(S(=O)(=O)Nc3ccc(N=Nc4ccccc4)cc3)cc12. The summed E-state index contributed by atoms with van der Waals surface area (Å²) < 4.78 is 29.7. The Kier molecular flexibility index (Phi) is 4.81. The lowest BCUT2D eigenvalue weighted by Gasteiger charge is -2.08. The van der Waals surface area contributed by atoms with E-state index in [0.717, 1.165) is 11.4 Å². The van der Waals surface area contributed by atoms with Crippen LogP contribution in [0.2, 0.25) is 0 Å². The van der Waals surface area contributed by atoms with Gasteiger partial charge in [0.25, 0.3) is 10.0 Å². The number of aromatic nitrogens is 3. The Morgan fingerprint density at radius 3 is 2.31 bits per heavy atom. The number of hydrogen-bond donors (Lipinski definition) is 1. The van der Waals surface area contributed by atoms with Crippen LogP contribution in [0.5, 0.6) is 0 Å². The lowest BCUT2D eigenvalue weighted by Crippen LogP contribution is -2.13. The molecule has 8 nitrogen and oxygen atoms in total. The van der Waals surface area contributed by atoms with Gasteiger partial charge in [-0.25, -0.2) is 13.4 Å². The first-order chi connectivity index (χ1) is 13.9. The van der Waals surface area contributed by atoms with Gasteiger partial charge in [0.05, 0.1) is 17.1 Å². The van der Waals surface area contributed by atoms with Crippen LogP contribution in [-0.4, -0.2) is 23.2 Å². The van der Waals surface area contributed by atoms with E-state index < -0.39 is 10.0 Å². The third-order valence-corrected chi connectivity index (χ3v) is 5.65. The summed E-state index contributed by atoms with van der Waals surface area (Å²) in [6.45, 7) is 1.82. The number of benzene rings is 2. The summed E-state index contributed by atoms with van der Waals surface area (Å²) >= 11 is 0. The zero-order valence-electron chi connectivity index (χ0n) is 15.8. The van der Waals surface area contributed by atoms with Crippen LogP contribution >= 0.6 is 0 Å². The van der Waals surface area contributed by atoms with Crippen molar-refractivity contribution in [2.24, 2.45) is 17.3 Å². The van der Waals surface area contributed by atoms with Gasteiger partial charge in [-0.05, 0) is 49.4 Å². The fraction of sp³-hybridized carbons (Fsp3) is 0.100. The number of nitrogens with zero attached hydrogens (tertiary/aromatic N) is 5. The van der Waals surface area contributed by atoms with Crippen LogP contribution in [0.4, 0.5) is 17.1 Å².